The first-order valence-electron chi connectivity index (χ1n) is 6.85. The minimum atomic E-state index is 0.0304. The van der Waals surface area contributed by atoms with Crippen LogP contribution in [-0.2, 0) is 9.53 Å². The van der Waals surface area contributed by atoms with Gasteiger partial charge in [-0.25, -0.2) is 0 Å². The van der Waals surface area contributed by atoms with E-state index in [0.717, 1.165) is 11.3 Å². The van der Waals surface area contributed by atoms with Crippen molar-refractivity contribution in [2.75, 3.05) is 20.2 Å². The van der Waals surface area contributed by atoms with Crippen LogP contribution in [0.3, 0.4) is 0 Å². The molecular weight excluding hydrogens is 254 g/mol. The van der Waals surface area contributed by atoms with Crippen molar-refractivity contribution < 1.29 is 14.3 Å². The van der Waals surface area contributed by atoms with Gasteiger partial charge >= 0.3 is 0 Å². The number of methoxy groups -OCH3 is 1. The first-order valence-corrected chi connectivity index (χ1v) is 6.85. The highest BCUT2D eigenvalue weighted by molar-refractivity contribution is 5.91. The molecule has 0 saturated carbocycles. The number of amides is 1. The summed E-state index contributed by atoms with van der Waals surface area (Å²) in [5.41, 5.74) is 0.980. The van der Waals surface area contributed by atoms with E-state index in [-0.39, 0.29) is 18.1 Å². The molecule has 1 aliphatic rings. The molecule has 0 N–H and O–H groups in total. The number of carbonyl (C=O) groups is 1. The van der Waals surface area contributed by atoms with Crippen molar-refractivity contribution in [2.45, 2.75) is 26.1 Å². The summed E-state index contributed by atoms with van der Waals surface area (Å²) in [5, 5.41) is 0. The highest BCUT2D eigenvalue weighted by atomic mass is 16.5. The van der Waals surface area contributed by atoms with Gasteiger partial charge in [0.2, 0.25) is 5.91 Å². The fraction of sp³-hybridized carbons (Fsp3) is 0.438. The van der Waals surface area contributed by atoms with Crippen molar-refractivity contribution in [1.29, 1.82) is 0 Å². The van der Waals surface area contributed by atoms with Gasteiger partial charge in [0.25, 0.3) is 0 Å². The van der Waals surface area contributed by atoms with Crippen LogP contribution < -0.4 is 4.74 Å². The minimum absolute atomic E-state index is 0.0304. The first kappa shape index (κ1) is 14.6. The Bertz CT molecular complexity index is 471. The molecule has 1 heterocycles. The van der Waals surface area contributed by atoms with E-state index in [2.05, 4.69) is 0 Å². The molecule has 20 heavy (non-hydrogen) atoms. The summed E-state index contributed by atoms with van der Waals surface area (Å²) in [7, 11) is 1.63. The Morgan fingerprint density at radius 3 is 2.40 bits per heavy atom. The molecule has 2 rings (SSSR count). The molecule has 4 heteroatoms. The Labute approximate surface area is 120 Å². The second kappa shape index (κ2) is 6.57. The van der Waals surface area contributed by atoms with Crippen molar-refractivity contribution in [3.05, 3.63) is 35.9 Å². The van der Waals surface area contributed by atoms with E-state index in [1.807, 2.05) is 49.1 Å². The number of morpholine rings is 1. The lowest BCUT2D eigenvalue weighted by atomic mass is 10.2. The summed E-state index contributed by atoms with van der Waals surface area (Å²) in [4.78, 5) is 14.0. The molecule has 4 nitrogen and oxygen atoms in total. The Morgan fingerprint density at radius 2 is 1.85 bits per heavy atom. The van der Waals surface area contributed by atoms with Gasteiger partial charge in [-0.1, -0.05) is 12.1 Å². The Morgan fingerprint density at radius 1 is 1.25 bits per heavy atom. The summed E-state index contributed by atoms with van der Waals surface area (Å²) >= 11 is 0. The zero-order valence-corrected chi connectivity index (χ0v) is 12.2. The third kappa shape index (κ3) is 3.84. The zero-order valence-electron chi connectivity index (χ0n) is 12.2. The van der Waals surface area contributed by atoms with Crippen molar-refractivity contribution in [3.63, 3.8) is 0 Å². The van der Waals surface area contributed by atoms with E-state index in [4.69, 9.17) is 9.47 Å². The molecule has 0 bridgehead atoms. The standard InChI is InChI=1S/C16H21NO3/c1-12-10-17(11-13(2)20-12)16(18)9-6-14-4-7-15(19-3)8-5-14/h4-9,12-13H,10-11H2,1-3H3/b9-6+/t12-,13+. The van der Waals surface area contributed by atoms with Gasteiger partial charge < -0.3 is 14.4 Å². The fourth-order valence-corrected chi connectivity index (χ4v) is 2.35. The summed E-state index contributed by atoms with van der Waals surface area (Å²) < 4.78 is 10.7. The molecule has 108 valence electrons. The van der Waals surface area contributed by atoms with E-state index in [9.17, 15) is 4.79 Å². The van der Waals surface area contributed by atoms with Gasteiger partial charge in [-0.3, -0.25) is 4.79 Å². The Balaban J connectivity index is 1.97. The normalized spacial score (nSPS) is 23.1. The number of rotatable bonds is 3. The molecule has 1 amide bonds. The summed E-state index contributed by atoms with van der Waals surface area (Å²) in [6.45, 7) is 5.28. The van der Waals surface area contributed by atoms with Crippen LogP contribution >= 0.6 is 0 Å². The number of nitrogens with zero attached hydrogens (tertiary/aromatic N) is 1. The maximum atomic E-state index is 12.1. The molecule has 0 spiro atoms. The molecule has 0 aliphatic carbocycles. The smallest absolute Gasteiger partial charge is 0.246 e. The average molecular weight is 275 g/mol. The molecule has 1 aromatic rings. The van der Waals surface area contributed by atoms with Gasteiger partial charge in [-0.05, 0) is 37.6 Å². The lowest BCUT2D eigenvalue weighted by Gasteiger charge is -2.34. The minimum Gasteiger partial charge on any atom is -0.497 e. The second-order valence-electron chi connectivity index (χ2n) is 5.11. The van der Waals surface area contributed by atoms with Gasteiger partial charge in [-0.2, -0.15) is 0 Å². The van der Waals surface area contributed by atoms with Crippen molar-refractivity contribution >= 4 is 12.0 Å². The van der Waals surface area contributed by atoms with E-state index in [0.29, 0.717) is 13.1 Å². The lowest BCUT2D eigenvalue weighted by molar-refractivity contribution is -0.137. The second-order valence-corrected chi connectivity index (χ2v) is 5.11. The number of hydrogen-bond acceptors (Lipinski definition) is 3. The van der Waals surface area contributed by atoms with Crippen LogP contribution in [0.25, 0.3) is 6.08 Å². The molecule has 0 radical (unpaired) electrons. The maximum absolute atomic E-state index is 12.1. The first-order chi connectivity index (χ1) is 9.58. The predicted molar refractivity (Wildman–Crippen MR) is 78.6 cm³/mol. The topological polar surface area (TPSA) is 38.8 Å². The van der Waals surface area contributed by atoms with E-state index >= 15 is 0 Å². The van der Waals surface area contributed by atoms with Crippen LogP contribution in [0.4, 0.5) is 0 Å². The predicted octanol–water partition coefficient (Wildman–Crippen LogP) is 2.34. The summed E-state index contributed by atoms with van der Waals surface area (Å²) in [5.74, 6) is 0.840. The quantitative estimate of drug-likeness (QED) is 0.795. The molecule has 1 aliphatic heterocycles. The van der Waals surface area contributed by atoms with Gasteiger partial charge in [0.05, 0.1) is 19.3 Å². The van der Waals surface area contributed by atoms with Gasteiger partial charge in [-0.15, -0.1) is 0 Å². The number of hydrogen-bond donors (Lipinski definition) is 0. The van der Waals surface area contributed by atoms with Crippen molar-refractivity contribution in [3.8, 4) is 5.75 Å². The van der Waals surface area contributed by atoms with Crippen molar-refractivity contribution in [1.82, 2.24) is 4.90 Å². The van der Waals surface area contributed by atoms with Gasteiger partial charge in [0.15, 0.2) is 0 Å². The van der Waals surface area contributed by atoms with E-state index in [1.165, 1.54) is 0 Å². The third-order valence-electron chi connectivity index (χ3n) is 3.27. The van der Waals surface area contributed by atoms with Crippen LogP contribution in [0.15, 0.2) is 30.3 Å². The number of benzene rings is 1. The average Bonchev–Trinajstić information content (AvgIpc) is 2.44. The van der Waals surface area contributed by atoms with Crippen LogP contribution in [0.2, 0.25) is 0 Å². The van der Waals surface area contributed by atoms with Crippen LogP contribution in [0, 0.1) is 0 Å². The number of carbonyl (C=O) groups excluding carboxylic acids is 1. The summed E-state index contributed by atoms with van der Waals surface area (Å²) in [6.07, 6.45) is 3.63. The molecule has 1 saturated heterocycles. The number of ether oxygens (including phenoxy) is 2. The third-order valence-corrected chi connectivity index (χ3v) is 3.27. The van der Waals surface area contributed by atoms with Crippen LogP contribution in [0.5, 0.6) is 5.75 Å². The van der Waals surface area contributed by atoms with Crippen LogP contribution in [0.1, 0.15) is 19.4 Å². The molecule has 1 fully saturated rings. The Hall–Kier alpha value is -1.81. The van der Waals surface area contributed by atoms with E-state index in [1.54, 1.807) is 13.2 Å². The molecule has 0 aromatic heterocycles. The molecular formula is C16H21NO3. The Kier molecular flexibility index (Phi) is 4.79. The highest BCUT2D eigenvalue weighted by Crippen LogP contribution is 2.14. The lowest BCUT2D eigenvalue weighted by Crippen LogP contribution is -2.47. The summed E-state index contributed by atoms with van der Waals surface area (Å²) in [6, 6.07) is 7.60. The van der Waals surface area contributed by atoms with Crippen LogP contribution in [-0.4, -0.2) is 43.2 Å². The van der Waals surface area contributed by atoms with Crippen molar-refractivity contribution in [2.24, 2.45) is 0 Å². The highest BCUT2D eigenvalue weighted by Gasteiger charge is 2.24. The SMILES string of the molecule is COc1ccc(/C=C/C(=O)N2C[C@@H](C)O[C@@H](C)C2)cc1. The molecule has 0 unspecified atom stereocenters. The molecule has 2 atom stereocenters. The monoisotopic (exact) mass is 275 g/mol. The van der Waals surface area contributed by atoms with E-state index < -0.39 is 0 Å². The van der Waals surface area contributed by atoms with Gasteiger partial charge in [0.1, 0.15) is 5.75 Å². The fourth-order valence-electron chi connectivity index (χ4n) is 2.35. The van der Waals surface area contributed by atoms with Gasteiger partial charge in [0, 0.05) is 19.2 Å². The zero-order chi connectivity index (χ0) is 14.5. The largest absolute Gasteiger partial charge is 0.497 e. The molecule has 1 aromatic carbocycles. The maximum Gasteiger partial charge on any atom is 0.246 e.